The minimum atomic E-state index is -1.64. The number of hydrogen-bond acceptors (Lipinski definition) is 17. The molecule has 0 saturated carbocycles. The molecule has 4 rings (SSSR count). The predicted molar refractivity (Wildman–Crippen MR) is 356 cm³/mol. The van der Waals surface area contributed by atoms with Crippen molar-refractivity contribution < 1.29 is 62.3 Å². The number of primary amides is 3. The average Bonchev–Trinajstić information content (AvgIpc) is 1.74. The maximum absolute atomic E-state index is 14.7. The number of aliphatic imine (C=N–C) groups is 1. The van der Waals surface area contributed by atoms with Gasteiger partial charge < -0.3 is 92.5 Å². The lowest BCUT2D eigenvalue weighted by atomic mass is 10.0. The predicted octanol–water partition coefficient (Wildman–Crippen LogP) is -3.71. The number of nitrogens with two attached hydrogens (primary N) is 7. The van der Waals surface area contributed by atoms with Gasteiger partial charge in [-0.15, -0.1) is 0 Å². The maximum atomic E-state index is 14.7. The van der Waals surface area contributed by atoms with Gasteiger partial charge in [-0.25, -0.2) is 0 Å². The number of rotatable bonds is 42. The number of carbonyl (C=O) groups is 13. The van der Waals surface area contributed by atoms with E-state index in [9.17, 15) is 62.3 Å². The van der Waals surface area contributed by atoms with E-state index in [-0.39, 0.29) is 83.0 Å². The summed E-state index contributed by atoms with van der Waals surface area (Å²) >= 11 is 1.45. The van der Waals surface area contributed by atoms with Gasteiger partial charge in [-0.2, -0.15) is 11.8 Å². The molecule has 22 N–H and O–H groups in total. The van der Waals surface area contributed by atoms with Gasteiger partial charge >= 0.3 is 0 Å². The fourth-order valence-electron chi connectivity index (χ4n) is 11.0. The van der Waals surface area contributed by atoms with Gasteiger partial charge in [0.15, 0.2) is 5.96 Å². The summed E-state index contributed by atoms with van der Waals surface area (Å²) in [6.45, 7) is 3.86. The zero-order valence-corrected chi connectivity index (χ0v) is 55.3. The van der Waals surface area contributed by atoms with E-state index in [0.717, 1.165) is 0 Å². The van der Waals surface area contributed by atoms with Crippen LogP contribution in [0.2, 0.25) is 0 Å². The smallest absolute Gasteiger partial charge is 0.245 e. The van der Waals surface area contributed by atoms with Gasteiger partial charge in [0.1, 0.15) is 54.4 Å². The molecule has 2 fully saturated rings. The molecule has 0 aromatic heterocycles. The van der Waals surface area contributed by atoms with Crippen molar-refractivity contribution in [1.29, 1.82) is 0 Å². The van der Waals surface area contributed by atoms with E-state index in [4.69, 9.17) is 40.1 Å². The normalized spacial score (nSPS) is 16.8. The third-order valence-electron chi connectivity index (χ3n) is 16.0. The van der Waals surface area contributed by atoms with Gasteiger partial charge in [0.05, 0.1) is 12.6 Å². The van der Waals surface area contributed by atoms with Crippen LogP contribution >= 0.6 is 11.8 Å². The molecule has 2 heterocycles. The van der Waals surface area contributed by atoms with Crippen LogP contribution in [0, 0.1) is 5.92 Å². The summed E-state index contributed by atoms with van der Waals surface area (Å²) in [5.41, 5.74) is 40.6. The summed E-state index contributed by atoms with van der Waals surface area (Å²) < 4.78 is 0. The molecule has 2 aliphatic heterocycles. The molecule has 524 valence electrons. The van der Waals surface area contributed by atoms with Crippen molar-refractivity contribution in [3.63, 3.8) is 0 Å². The number of benzene rings is 2. The Labute approximate surface area is 558 Å². The first-order valence-corrected chi connectivity index (χ1v) is 33.6. The molecule has 2 saturated heterocycles. The van der Waals surface area contributed by atoms with E-state index in [0.29, 0.717) is 55.4 Å². The Bertz CT molecular complexity index is 2960. The van der Waals surface area contributed by atoms with Crippen molar-refractivity contribution in [3.05, 3.63) is 71.8 Å². The second-order valence-electron chi connectivity index (χ2n) is 24.1. The third-order valence-corrected chi connectivity index (χ3v) is 16.7. The first-order valence-electron chi connectivity index (χ1n) is 32.2. The molecule has 10 atom stereocenters. The Balaban J connectivity index is 1.56. The summed E-state index contributed by atoms with van der Waals surface area (Å²) in [5.74, 6) is -9.80. The molecule has 13 amide bonds. The van der Waals surface area contributed by atoms with Gasteiger partial charge in [0.2, 0.25) is 76.8 Å². The van der Waals surface area contributed by atoms with Crippen LogP contribution in [0.15, 0.2) is 65.7 Å². The van der Waals surface area contributed by atoms with Crippen LogP contribution in [0.4, 0.5) is 0 Å². The Kier molecular flexibility index (Phi) is 33.9. The Morgan fingerprint density at radius 2 is 1.01 bits per heavy atom. The Hall–Kier alpha value is -8.91. The number of amides is 13. The van der Waals surface area contributed by atoms with Crippen molar-refractivity contribution in [1.82, 2.24) is 52.3 Å². The van der Waals surface area contributed by atoms with E-state index < -0.39 is 169 Å². The van der Waals surface area contributed by atoms with E-state index in [1.165, 1.54) is 21.6 Å². The molecule has 2 aromatic rings. The highest BCUT2D eigenvalue weighted by atomic mass is 32.2. The Morgan fingerprint density at radius 1 is 0.537 bits per heavy atom. The third kappa shape index (κ3) is 27.5. The summed E-state index contributed by atoms with van der Waals surface area (Å²) in [6.07, 6.45) is 3.12. The molecule has 0 radical (unpaired) electrons. The summed E-state index contributed by atoms with van der Waals surface area (Å²) in [4.78, 5) is 185. The van der Waals surface area contributed by atoms with Crippen molar-refractivity contribution in [2.24, 2.45) is 51.0 Å². The van der Waals surface area contributed by atoms with E-state index in [1.807, 2.05) is 20.1 Å². The quantitative estimate of drug-likeness (QED) is 0.0173. The molecule has 0 aliphatic carbocycles. The van der Waals surface area contributed by atoms with Crippen LogP contribution in [0.25, 0.3) is 0 Å². The second kappa shape index (κ2) is 41.0. The van der Waals surface area contributed by atoms with E-state index in [2.05, 4.69) is 47.5 Å². The van der Waals surface area contributed by atoms with Crippen molar-refractivity contribution in [2.75, 3.05) is 44.7 Å². The SMILES string of the molecule is CSCC[C@H](NC(=O)[C@H](CC(C)C)NC(=O)CNC(=O)[C@@H](Cc1ccccc1)NC(=O)[C@@H](Cc1ccccc1)NC(=O)[C@H](CCC(N)=O)NC(=O)[C@H](CCC(N)=O)NC(=O)[C@@H]1CCCN1C(=O)[C@@H](CCCCN)NC(=O)[C@@H]1CCCN1C(=O)[C@H](N)CCCN=C(N)N)C(N)=O. The van der Waals surface area contributed by atoms with Crippen molar-refractivity contribution in [3.8, 4) is 0 Å². The van der Waals surface area contributed by atoms with Crippen molar-refractivity contribution >= 4 is 94.5 Å². The molecular formula is C63H98N18O13S. The largest absolute Gasteiger partial charge is 0.370 e. The summed E-state index contributed by atoms with van der Waals surface area (Å²) in [6, 6.07) is 4.51. The minimum Gasteiger partial charge on any atom is -0.370 e. The summed E-state index contributed by atoms with van der Waals surface area (Å²) in [7, 11) is 0. The molecule has 0 bridgehead atoms. The van der Waals surface area contributed by atoms with Crippen LogP contribution in [-0.2, 0) is 75.2 Å². The molecule has 31 nitrogen and oxygen atoms in total. The zero-order chi connectivity index (χ0) is 70.1. The number of thioether (sulfide) groups is 1. The second-order valence-corrected chi connectivity index (χ2v) is 25.1. The number of hydrogen-bond donors (Lipinski definition) is 15. The summed E-state index contributed by atoms with van der Waals surface area (Å²) in [5, 5.41) is 21.1. The number of nitrogens with one attached hydrogen (secondary N) is 8. The van der Waals surface area contributed by atoms with Crippen LogP contribution in [0.3, 0.4) is 0 Å². The fourth-order valence-corrected chi connectivity index (χ4v) is 11.5. The van der Waals surface area contributed by atoms with Crippen LogP contribution < -0.4 is 82.7 Å². The molecule has 0 unspecified atom stereocenters. The lowest BCUT2D eigenvalue weighted by Gasteiger charge is -2.32. The lowest BCUT2D eigenvalue weighted by molar-refractivity contribution is -0.144. The Morgan fingerprint density at radius 3 is 1.51 bits per heavy atom. The fraction of sp³-hybridized carbons (Fsp3) is 0.587. The molecule has 2 aliphatic rings. The monoisotopic (exact) mass is 1350 g/mol. The number of nitrogens with zero attached hydrogens (tertiary/aromatic N) is 3. The molecule has 0 spiro atoms. The number of unbranched alkanes of at least 4 members (excludes halogenated alkanes) is 1. The van der Waals surface area contributed by atoms with Gasteiger partial charge in [0, 0.05) is 45.3 Å². The molecule has 95 heavy (non-hydrogen) atoms. The topological polar surface area (TPSA) is 519 Å². The number of likely N-dealkylation sites (tertiary alicyclic amines) is 2. The van der Waals surface area contributed by atoms with E-state index >= 15 is 0 Å². The van der Waals surface area contributed by atoms with E-state index in [1.54, 1.807) is 60.7 Å². The minimum absolute atomic E-state index is 0.0736. The van der Waals surface area contributed by atoms with Crippen molar-refractivity contribution in [2.45, 2.75) is 183 Å². The average molecular weight is 1350 g/mol. The van der Waals surface area contributed by atoms with Crippen LogP contribution in [0.5, 0.6) is 0 Å². The first kappa shape index (κ1) is 78.5. The van der Waals surface area contributed by atoms with Gasteiger partial charge in [-0.1, -0.05) is 74.5 Å². The molecule has 2 aromatic carbocycles. The highest BCUT2D eigenvalue weighted by Gasteiger charge is 2.42. The maximum Gasteiger partial charge on any atom is 0.245 e. The highest BCUT2D eigenvalue weighted by Crippen LogP contribution is 2.24. The van der Waals surface area contributed by atoms with Crippen LogP contribution in [-0.4, -0.2) is 198 Å². The standard InChI is InChI=1S/C63H98N18O13S/c1-37(2)33-45(57(89)74-41(53(68)85)27-32-95-3)73-52(84)36-72-54(86)46(34-38-15-6-4-7-16-38)78-58(90)47(35-39-17-8-5-9-18-39)79-56(88)42(23-25-50(66)82)75-55(87)43(24-26-51(67)83)76-59(91)49-22-14-31-81(49)62(94)44(20-10-11-28-64)77-60(92)48-21-13-30-80(48)61(93)40(65)19-12-29-71-63(69)70/h4-9,15-18,37,40-49H,10-14,19-36,64-65H2,1-3H3,(H2,66,82)(H2,67,83)(H2,68,85)(H,72,86)(H,73,84)(H,74,89)(H,75,87)(H,76,91)(H,77,92)(H,78,90)(H,79,88)(H4,69,70,71)/t40-,41+,42+,43+,44-,45+,46-,47-,48+,49+/m1/s1. The molecular weight excluding hydrogens is 1250 g/mol. The lowest BCUT2D eigenvalue weighted by Crippen LogP contribution is -2.60. The number of carbonyl (C=O) groups excluding carboxylic acids is 13. The zero-order valence-electron chi connectivity index (χ0n) is 54.5. The van der Waals surface area contributed by atoms with Gasteiger partial charge in [0.25, 0.3) is 0 Å². The first-order chi connectivity index (χ1) is 45.2. The van der Waals surface area contributed by atoms with Gasteiger partial charge in [-0.05, 0) is 119 Å². The van der Waals surface area contributed by atoms with Gasteiger partial charge in [-0.3, -0.25) is 67.3 Å². The van der Waals surface area contributed by atoms with Crippen LogP contribution in [0.1, 0.15) is 121 Å². The molecule has 32 heteroatoms. The highest BCUT2D eigenvalue weighted by molar-refractivity contribution is 7.98. The number of guanidine groups is 1.